The van der Waals surface area contributed by atoms with Crippen molar-refractivity contribution >= 4 is 5.91 Å². The Morgan fingerprint density at radius 1 is 1.12 bits per heavy atom. The molecule has 2 fully saturated rings. The van der Waals surface area contributed by atoms with Crippen LogP contribution in [0.1, 0.15) is 32.1 Å². The highest BCUT2D eigenvalue weighted by Crippen LogP contribution is 2.33. The first-order valence-electron chi connectivity index (χ1n) is 9.09. The predicted molar refractivity (Wildman–Crippen MR) is 95.3 cm³/mol. The fraction of sp³-hybridized carbons (Fsp3) is 0.632. The summed E-state index contributed by atoms with van der Waals surface area (Å²) < 4.78 is 16.1. The highest BCUT2D eigenvalue weighted by molar-refractivity contribution is 5.82. The van der Waals surface area contributed by atoms with E-state index in [0.717, 1.165) is 6.42 Å². The van der Waals surface area contributed by atoms with E-state index in [1.54, 1.807) is 32.4 Å². The summed E-state index contributed by atoms with van der Waals surface area (Å²) in [6, 6.07) is 5.87. The fourth-order valence-electron chi connectivity index (χ4n) is 3.85. The number of rotatable bonds is 7. The minimum Gasteiger partial charge on any atom is -0.496 e. The van der Waals surface area contributed by atoms with Crippen LogP contribution in [-0.4, -0.2) is 45.4 Å². The molecule has 1 aliphatic carbocycles. The zero-order valence-electron chi connectivity index (χ0n) is 15.0. The highest BCUT2D eigenvalue weighted by atomic mass is 16.5. The van der Waals surface area contributed by atoms with E-state index < -0.39 is 0 Å². The van der Waals surface area contributed by atoms with E-state index >= 15 is 0 Å². The molecule has 6 nitrogen and oxygen atoms in total. The van der Waals surface area contributed by atoms with Gasteiger partial charge in [-0.15, -0.1) is 0 Å². The third-order valence-electron chi connectivity index (χ3n) is 5.17. The number of hydrogen-bond acceptors (Lipinski definition) is 5. The van der Waals surface area contributed by atoms with Gasteiger partial charge in [-0.3, -0.25) is 4.79 Å². The normalized spacial score (nSPS) is 25.1. The van der Waals surface area contributed by atoms with Crippen LogP contribution in [0.25, 0.3) is 0 Å². The monoisotopic (exact) mass is 348 g/mol. The molecule has 3 atom stereocenters. The summed E-state index contributed by atoms with van der Waals surface area (Å²) in [6.07, 6.45) is 6.00. The molecule has 0 spiro atoms. The van der Waals surface area contributed by atoms with Crippen molar-refractivity contribution in [1.82, 2.24) is 10.6 Å². The van der Waals surface area contributed by atoms with Crippen molar-refractivity contribution in [3.05, 3.63) is 18.2 Å². The Hall–Kier alpha value is -1.95. The van der Waals surface area contributed by atoms with Gasteiger partial charge in [0.15, 0.2) is 0 Å². The van der Waals surface area contributed by atoms with Gasteiger partial charge < -0.3 is 24.8 Å². The van der Waals surface area contributed by atoms with Gasteiger partial charge in [-0.2, -0.15) is 0 Å². The Bertz CT molecular complexity index is 557. The minimum atomic E-state index is -0.0509. The Morgan fingerprint density at radius 3 is 2.48 bits per heavy atom. The standard InChI is InChI=1S/C19H28N2O4/c1-23-14-10-15(24-2)12-16(11-14)25-8-7-20-19(22)18-9-13-5-3-4-6-17(13)21-18/h10-13,17-18,21H,3-9H2,1-2H3,(H,20,22). The van der Waals surface area contributed by atoms with Crippen molar-refractivity contribution in [3.63, 3.8) is 0 Å². The van der Waals surface area contributed by atoms with E-state index in [9.17, 15) is 4.79 Å². The highest BCUT2D eigenvalue weighted by Gasteiger charge is 2.37. The molecule has 25 heavy (non-hydrogen) atoms. The summed E-state index contributed by atoms with van der Waals surface area (Å²) >= 11 is 0. The van der Waals surface area contributed by atoms with Crippen LogP contribution in [-0.2, 0) is 4.79 Å². The topological polar surface area (TPSA) is 68.8 Å². The van der Waals surface area contributed by atoms with Crippen LogP contribution >= 0.6 is 0 Å². The first-order chi connectivity index (χ1) is 12.2. The molecule has 2 N–H and O–H groups in total. The summed E-state index contributed by atoms with van der Waals surface area (Å²) in [7, 11) is 3.20. The first kappa shape index (κ1) is 17.9. The lowest BCUT2D eigenvalue weighted by Crippen LogP contribution is -2.44. The van der Waals surface area contributed by atoms with Crippen LogP contribution in [0.5, 0.6) is 17.2 Å². The number of methoxy groups -OCH3 is 2. The van der Waals surface area contributed by atoms with Crippen molar-refractivity contribution < 1.29 is 19.0 Å². The molecule has 3 rings (SSSR count). The Kier molecular flexibility index (Phi) is 6.02. The van der Waals surface area contributed by atoms with E-state index in [-0.39, 0.29) is 11.9 Å². The second kappa shape index (κ2) is 8.43. The van der Waals surface area contributed by atoms with E-state index in [4.69, 9.17) is 14.2 Å². The van der Waals surface area contributed by atoms with Crippen molar-refractivity contribution in [2.24, 2.45) is 5.92 Å². The van der Waals surface area contributed by atoms with Crippen molar-refractivity contribution in [3.8, 4) is 17.2 Å². The molecule has 0 bridgehead atoms. The van der Waals surface area contributed by atoms with Gasteiger partial charge in [-0.25, -0.2) is 0 Å². The lowest BCUT2D eigenvalue weighted by molar-refractivity contribution is -0.123. The summed E-state index contributed by atoms with van der Waals surface area (Å²) in [5.74, 6) is 2.77. The molecule has 1 aromatic rings. The van der Waals surface area contributed by atoms with E-state index in [0.29, 0.717) is 42.4 Å². The summed E-state index contributed by atoms with van der Waals surface area (Å²) in [6.45, 7) is 0.882. The molecule has 1 saturated heterocycles. The zero-order valence-corrected chi connectivity index (χ0v) is 15.0. The van der Waals surface area contributed by atoms with Gasteiger partial charge in [0.25, 0.3) is 0 Å². The second-order valence-electron chi connectivity index (χ2n) is 6.79. The van der Waals surface area contributed by atoms with Crippen LogP contribution in [0.3, 0.4) is 0 Å². The van der Waals surface area contributed by atoms with Gasteiger partial charge in [0.05, 0.1) is 26.8 Å². The molecule has 1 aliphatic heterocycles. The summed E-state index contributed by atoms with van der Waals surface area (Å²) in [5.41, 5.74) is 0. The molecule has 2 aliphatic rings. The Morgan fingerprint density at radius 2 is 1.80 bits per heavy atom. The fourth-order valence-corrected chi connectivity index (χ4v) is 3.85. The molecule has 3 unspecified atom stereocenters. The summed E-state index contributed by atoms with van der Waals surface area (Å²) in [4.78, 5) is 12.3. The van der Waals surface area contributed by atoms with Crippen LogP contribution in [0.2, 0.25) is 0 Å². The molecule has 138 valence electrons. The van der Waals surface area contributed by atoms with Crippen molar-refractivity contribution in [2.45, 2.75) is 44.2 Å². The van der Waals surface area contributed by atoms with E-state index in [1.807, 2.05) is 0 Å². The average Bonchev–Trinajstić information content (AvgIpc) is 3.09. The van der Waals surface area contributed by atoms with Gasteiger partial charge in [0.1, 0.15) is 23.9 Å². The van der Waals surface area contributed by atoms with Gasteiger partial charge in [0, 0.05) is 24.2 Å². The number of fused-ring (bicyclic) bond motifs is 1. The zero-order chi connectivity index (χ0) is 17.6. The van der Waals surface area contributed by atoms with Gasteiger partial charge in [-0.05, 0) is 25.2 Å². The van der Waals surface area contributed by atoms with Gasteiger partial charge in [-0.1, -0.05) is 12.8 Å². The maximum absolute atomic E-state index is 12.3. The number of benzene rings is 1. The number of nitrogens with one attached hydrogen (secondary N) is 2. The van der Waals surface area contributed by atoms with Crippen LogP contribution < -0.4 is 24.8 Å². The lowest BCUT2D eigenvalue weighted by atomic mass is 9.85. The quantitative estimate of drug-likeness (QED) is 0.739. The molecule has 1 amide bonds. The van der Waals surface area contributed by atoms with Gasteiger partial charge >= 0.3 is 0 Å². The average molecular weight is 348 g/mol. The number of hydrogen-bond donors (Lipinski definition) is 2. The second-order valence-corrected chi connectivity index (χ2v) is 6.79. The number of amides is 1. The molecule has 1 aromatic carbocycles. The van der Waals surface area contributed by atoms with E-state index in [1.165, 1.54) is 25.7 Å². The Balaban J connectivity index is 1.42. The third kappa shape index (κ3) is 4.57. The largest absolute Gasteiger partial charge is 0.496 e. The first-order valence-corrected chi connectivity index (χ1v) is 9.09. The summed E-state index contributed by atoms with van der Waals surface area (Å²) in [5, 5.41) is 6.47. The number of carbonyl (C=O) groups excluding carboxylic acids is 1. The van der Waals surface area contributed by atoms with Crippen molar-refractivity contribution in [2.75, 3.05) is 27.4 Å². The van der Waals surface area contributed by atoms with Crippen LogP contribution in [0, 0.1) is 5.92 Å². The number of carbonyl (C=O) groups is 1. The number of ether oxygens (including phenoxy) is 3. The molecular formula is C19H28N2O4. The third-order valence-corrected chi connectivity index (χ3v) is 5.17. The molecular weight excluding hydrogens is 320 g/mol. The molecule has 1 saturated carbocycles. The van der Waals surface area contributed by atoms with Gasteiger partial charge in [0.2, 0.25) is 5.91 Å². The van der Waals surface area contributed by atoms with Crippen molar-refractivity contribution in [1.29, 1.82) is 0 Å². The maximum atomic E-state index is 12.3. The van der Waals surface area contributed by atoms with Crippen LogP contribution in [0.4, 0.5) is 0 Å². The molecule has 0 radical (unpaired) electrons. The van der Waals surface area contributed by atoms with Crippen LogP contribution in [0.15, 0.2) is 18.2 Å². The predicted octanol–water partition coefficient (Wildman–Crippen LogP) is 2.12. The maximum Gasteiger partial charge on any atom is 0.237 e. The molecule has 6 heteroatoms. The lowest BCUT2D eigenvalue weighted by Gasteiger charge is -2.24. The Labute approximate surface area is 149 Å². The molecule has 1 heterocycles. The molecule has 0 aromatic heterocycles. The SMILES string of the molecule is COc1cc(OC)cc(OCCNC(=O)C2CC3CCCCC3N2)c1. The van der Waals surface area contributed by atoms with E-state index in [2.05, 4.69) is 10.6 Å². The smallest absolute Gasteiger partial charge is 0.237 e. The minimum absolute atomic E-state index is 0.0509.